The van der Waals surface area contributed by atoms with Gasteiger partial charge in [-0.2, -0.15) is 0 Å². The number of carbonyl (C=O) groups excluding carboxylic acids is 1. The molecule has 2 rings (SSSR count). The first kappa shape index (κ1) is 12.9. The molecule has 1 aromatic carbocycles. The summed E-state index contributed by atoms with van der Waals surface area (Å²) in [6, 6.07) is 5.70. The summed E-state index contributed by atoms with van der Waals surface area (Å²) in [5, 5.41) is 6.85. The average molecular weight is 247 g/mol. The predicted molar refractivity (Wildman–Crippen MR) is 73.8 cm³/mol. The maximum absolute atomic E-state index is 11.4. The number of anilines is 1. The first-order valence-corrected chi connectivity index (χ1v) is 6.40. The Morgan fingerprint density at radius 3 is 2.67 bits per heavy atom. The first-order valence-electron chi connectivity index (χ1n) is 6.40. The van der Waals surface area contributed by atoms with Crippen molar-refractivity contribution in [1.82, 2.24) is 5.32 Å². The molecule has 1 amide bonds. The Morgan fingerprint density at radius 1 is 1.39 bits per heavy atom. The third kappa shape index (κ3) is 2.82. The van der Waals surface area contributed by atoms with Crippen LogP contribution < -0.4 is 16.4 Å². The topological polar surface area (TPSA) is 67.2 Å². The van der Waals surface area contributed by atoms with Crippen LogP contribution in [-0.4, -0.2) is 24.5 Å². The molecule has 4 N–H and O–H groups in total. The van der Waals surface area contributed by atoms with Gasteiger partial charge in [0, 0.05) is 11.2 Å². The van der Waals surface area contributed by atoms with Crippen molar-refractivity contribution in [2.75, 3.05) is 18.4 Å². The molecule has 4 heteroatoms. The van der Waals surface area contributed by atoms with Gasteiger partial charge < -0.3 is 16.4 Å². The molecular formula is C14H21N3O. The lowest BCUT2D eigenvalue weighted by atomic mass is 9.90. The fourth-order valence-corrected chi connectivity index (χ4v) is 2.41. The van der Waals surface area contributed by atoms with Crippen LogP contribution in [0.5, 0.6) is 0 Å². The summed E-state index contributed by atoms with van der Waals surface area (Å²) in [6.07, 6.45) is 2.08. The van der Waals surface area contributed by atoms with E-state index in [1.807, 2.05) is 19.1 Å². The van der Waals surface area contributed by atoms with Gasteiger partial charge in [-0.3, -0.25) is 4.79 Å². The van der Waals surface area contributed by atoms with Gasteiger partial charge in [-0.1, -0.05) is 6.07 Å². The van der Waals surface area contributed by atoms with Gasteiger partial charge in [0.25, 0.3) is 5.91 Å². The van der Waals surface area contributed by atoms with Gasteiger partial charge in [0.1, 0.15) is 0 Å². The Labute approximate surface area is 108 Å². The maximum atomic E-state index is 11.4. The highest BCUT2D eigenvalue weighted by Crippen LogP contribution is 2.26. The van der Waals surface area contributed by atoms with Crippen molar-refractivity contribution in [2.45, 2.75) is 32.2 Å². The van der Waals surface area contributed by atoms with Gasteiger partial charge in [-0.25, -0.2) is 0 Å². The molecule has 0 aliphatic carbocycles. The quantitative estimate of drug-likeness (QED) is 0.761. The highest BCUT2D eigenvalue weighted by Gasteiger charge is 2.27. The van der Waals surface area contributed by atoms with Gasteiger partial charge in [-0.15, -0.1) is 0 Å². The Kier molecular flexibility index (Phi) is 3.57. The molecule has 1 aromatic rings. The van der Waals surface area contributed by atoms with Crippen LogP contribution in [0.4, 0.5) is 5.69 Å². The zero-order chi connectivity index (χ0) is 13.2. The van der Waals surface area contributed by atoms with Crippen LogP contribution in [0.1, 0.15) is 35.7 Å². The second-order valence-electron chi connectivity index (χ2n) is 5.35. The first-order chi connectivity index (χ1) is 8.50. The van der Waals surface area contributed by atoms with Crippen molar-refractivity contribution in [2.24, 2.45) is 5.73 Å². The molecule has 98 valence electrons. The lowest BCUT2D eigenvalue weighted by Gasteiger charge is -2.36. The van der Waals surface area contributed by atoms with Crippen molar-refractivity contribution in [3.8, 4) is 0 Å². The zero-order valence-electron chi connectivity index (χ0n) is 11.0. The van der Waals surface area contributed by atoms with E-state index in [0.29, 0.717) is 5.56 Å². The number of nitrogens with two attached hydrogens (primary N) is 1. The SMILES string of the molecule is Cc1ccc(C(N)=O)c(NC2(C)CCNCC2)c1. The molecule has 0 aromatic heterocycles. The van der Waals surface area contributed by atoms with Crippen LogP contribution in [0, 0.1) is 6.92 Å². The smallest absolute Gasteiger partial charge is 0.250 e. The van der Waals surface area contributed by atoms with E-state index in [1.165, 1.54) is 0 Å². The monoisotopic (exact) mass is 247 g/mol. The predicted octanol–water partition coefficient (Wildman–Crippen LogP) is 1.65. The number of piperidine rings is 1. The molecule has 0 saturated carbocycles. The maximum Gasteiger partial charge on any atom is 0.250 e. The molecule has 0 radical (unpaired) electrons. The summed E-state index contributed by atoms with van der Waals surface area (Å²) < 4.78 is 0. The van der Waals surface area contributed by atoms with E-state index < -0.39 is 0 Å². The van der Waals surface area contributed by atoms with Crippen molar-refractivity contribution in [3.05, 3.63) is 29.3 Å². The van der Waals surface area contributed by atoms with E-state index in [9.17, 15) is 4.79 Å². The summed E-state index contributed by atoms with van der Waals surface area (Å²) >= 11 is 0. The standard InChI is InChI=1S/C14H21N3O/c1-10-3-4-11(13(15)18)12(9-10)17-14(2)5-7-16-8-6-14/h3-4,9,16-17H,5-8H2,1-2H3,(H2,15,18). The van der Waals surface area contributed by atoms with Crippen molar-refractivity contribution < 1.29 is 4.79 Å². The number of nitrogens with one attached hydrogen (secondary N) is 2. The summed E-state index contributed by atoms with van der Waals surface area (Å²) in [7, 11) is 0. The summed E-state index contributed by atoms with van der Waals surface area (Å²) in [6.45, 7) is 6.21. The summed E-state index contributed by atoms with van der Waals surface area (Å²) in [4.78, 5) is 11.4. The fourth-order valence-electron chi connectivity index (χ4n) is 2.41. The van der Waals surface area contributed by atoms with Crippen LogP contribution in [0.25, 0.3) is 0 Å². The van der Waals surface area contributed by atoms with Crippen LogP contribution in [-0.2, 0) is 0 Å². The Hall–Kier alpha value is -1.55. The molecule has 1 heterocycles. The highest BCUT2D eigenvalue weighted by molar-refractivity contribution is 5.98. The Morgan fingerprint density at radius 2 is 2.06 bits per heavy atom. The molecular weight excluding hydrogens is 226 g/mol. The molecule has 0 spiro atoms. The van der Waals surface area contributed by atoms with Gasteiger partial charge >= 0.3 is 0 Å². The molecule has 0 unspecified atom stereocenters. The number of aryl methyl sites for hydroxylation is 1. The van der Waals surface area contributed by atoms with Gasteiger partial charge in [0.05, 0.1) is 5.56 Å². The van der Waals surface area contributed by atoms with Gasteiger partial charge in [-0.05, 0) is 57.5 Å². The van der Waals surface area contributed by atoms with Gasteiger partial charge in [0.2, 0.25) is 0 Å². The largest absolute Gasteiger partial charge is 0.379 e. The fraction of sp³-hybridized carbons (Fsp3) is 0.500. The Balaban J connectivity index is 2.26. The van der Waals surface area contributed by atoms with Crippen molar-refractivity contribution >= 4 is 11.6 Å². The second kappa shape index (κ2) is 4.98. The summed E-state index contributed by atoms with van der Waals surface area (Å²) in [5.41, 5.74) is 8.00. The lowest BCUT2D eigenvalue weighted by Crippen LogP contribution is -2.45. The molecule has 0 bridgehead atoms. The molecule has 18 heavy (non-hydrogen) atoms. The lowest BCUT2D eigenvalue weighted by molar-refractivity contribution is 0.100. The third-order valence-corrected chi connectivity index (χ3v) is 3.58. The number of rotatable bonds is 3. The van der Waals surface area contributed by atoms with Crippen molar-refractivity contribution in [3.63, 3.8) is 0 Å². The minimum atomic E-state index is -0.380. The number of carbonyl (C=O) groups is 1. The number of amides is 1. The van der Waals surface area contributed by atoms with E-state index in [-0.39, 0.29) is 11.4 Å². The normalized spacial score (nSPS) is 18.3. The number of hydrogen-bond acceptors (Lipinski definition) is 3. The van der Waals surface area contributed by atoms with E-state index >= 15 is 0 Å². The molecule has 1 aliphatic rings. The van der Waals surface area contributed by atoms with E-state index in [2.05, 4.69) is 17.6 Å². The summed E-state index contributed by atoms with van der Waals surface area (Å²) in [5.74, 6) is -0.380. The second-order valence-corrected chi connectivity index (χ2v) is 5.35. The van der Waals surface area contributed by atoms with Crippen LogP contribution in [0.15, 0.2) is 18.2 Å². The highest BCUT2D eigenvalue weighted by atomic mass is 16.1. The minimum absolute atomic E-state index is 0.0310. The average Bonchev–Trinajstić information content (AvgIpc) is 2.28. The van der Waals surface area contributed by atoms with E-state index in [0.717, 1.165) is 37.2 Å². The van der Waals surface area contributed by atoms with E-state index in [1.54, 1.807) is 6.07 Å². The number of hydrogen-bond donors (Lipinski definition) is 3. The molecule has 0 atom stereocenters. The molecule has 4 nitrogen and oxygen atoms in total. The van der Waals surface area contributed by atoms with Crippen LogP contribution >= 0.6 is 0 Å². The van der Waals surface area contributed by atoms with Crippen LogP contribution in [0.3, 0.4) is 0 Å². The Bertz CT molecular complexity index is 450. The molecule has 1 fully saturated rings. The van der Waals surface area contributed by atoms with Gasteiger partial charge in [0.15, 0.2) is 0 Å². The van der Waals surface area contributed by atoms with Crippen LogP contribution in [0.2, 0.25) is 0 Å². The molecule has 1 aliphatic heterocycles. The molecule has 1 saturated heterocycles. The van der Waals surface area contributed by atoms with E-state index in [4.69, 9.17) is 5.73 Å². The number of benzene rings is 1. The minimum Gasteiger partial charge on any atom is -0.379 e. The number of primary amides is 1. The third-order valence-electron chi connectivity index (χ3n) is 3.58. The zero-order valence-corrected chi connectivity index (χ0v) is 11.0. The van der Waals surface area contributed by atoms with Crippen molar-refractivity contribution in [1.29, 1.82) is 0 Å².